The summed E-state index contributed by atoms with van der Waals surface area (Å²) in [5, 5.41) is 9.11. The Morgan fingerprint density at radius 1 is 1.00 bits per heavy atom. The average Bonchev–Trinajstić information content (AvgIpc) is 2.99. The second-order valence-corrected chi connectivity index (χ2v) is 10.9. The molecule has 1 aromatic heterocycles. The molecular weight excluding hydrogens is 422 g/mol. The molecule has 2 aromatic rings. The number of nitrogens with zero attached hydrogens (tertiary/aromatic N) is 5. The first-order valence-corrected chi connectivity index (χ1v) is 12.7. The molecule has 3 heterocycles. The van der Waals surface area contributed by atoms with Crippen LogP contribution < -0.4 is 0 Å². The molecule has 1 aromatic carbocycles. The number of piperazine rings is 1. The smallest absolute Gasteiger partial charge is 0.243 e. The van der Waals surface area contributed by atoms with Gasteiger partial charge in [0.1, 0.15) is 5.82 Å². The third kappa shape index (κ3) is 4.40. The highest BCUT2D eigenvalue weighted by Gasteiger charge is 2.32. The van der Waals surface area contributed by atoms with Gasteiger partial charge in [0.05, 0.1) is 10.1 Å². The maximum absolute atomic E-state index is 13.0. The quantitative estimate of drug-likeness (QED) is 0.649. The molecule has 0 aliphatic carbocycles. The van der Waals surface area contributed by atoms with Crippen molar-refractivity contribution < 1.29 is 13.2 Å². The highest BCUT2D eigenvalue weighted by atomic mass is 32.2. The van der Waals surface area contributed by atoms with E-state index in [1.54, 1.807) is 35.2 Å². The number of fused-ring (bicyclic) bond motifs is 1. The van der Waals surface area contributed by atoms with Crippen LogP contribution in [0.4, 0.5) is 0 Å². The van der Waals surface area contributed by atoms with Crippen molar-refractivity contribution in [2.45, 2.75) is 54.5 Å². The molecular formula is C20H27N5O3S2. The predicted octanol–water partition coefficient (Wildman–Crippen LogP) is 2.02. The maximum atomic E-state index is 13.0. The topological polar surface area (TPSA) is 88.4 Å². The lowest BCUT2D eigenvalue weighted by atomic mass is 10.2. The van der Waals surface area contributed by atoms with Gasteiger partial charge >= 0.3 is 0 Å². The van der Waals surface area contributed by atoms with Crippen LogP contribution >= 0.6 is 11.8 Å². The largest absolute Gasteiger partial charge is 0.339 e. The minimum absolute atomic E-state index is 0.0164. The first-order chi connectivity index (χ1) is 14.5. The number of aromatic nitrogens is 3. The number of sulfonamides is 1. The van der Waals surface area contributed by atoms with E-state index in [4.69, 9.17) is 0 Å². The van der Waals surface area contributed by atoms with Gasteiger partial charge in [-0.05, 0) is 31.9 Å². The molecule has 0 unspecified atom stereocenters. The van der Waals surface area contributed by atoms with Crippen LogP contribution in [0.1, 0.15) is 32.0 Å². The monoisotopic (exact) mass is 449 g/mol. The van der Waals surface area contributed by atoms with Crippen molar-refractivity contribution in [2.24, 2.45) is 0 Å². The Bertz CT molecular complexity index is 985. The van der Waals surface area contributed by atoms with Crippen molar-refractivity contribution in [1.29, 1.82) is 0 Å². The summed E-state index contributed by atoms with van der Waals surface area (Å²) < 4.78 is 29.2. The van der Waals surface area contributed by atoms with E-state index in [9.17, 15) is 13.2 Å². The normalized spacial score (nSPS) is 19.2. The molecule has 0 radical (unpaired) electrons. The maximum Gasteiger partial charge on any atom is 0.243 e. The van der Waals surface area contributed by atoms with Crippen LogP contribution in [0.5, 0.6) is 0 Å². The lowest BCUT2D eigenvalue weighted by Gasteiger charge is -2.35. The minimum Gasteiger partial charge on any atom is -0.339 e. The molecule has 10 heteroatoms. The molecule has 0 spiro atoms. The first-order valence-electron chi connectivity index (χ1n) is 10.4. The summed E-state index contributed by atoms with van der Waals surface area (Å²) in [5.41, 5.74) is 0. The van der Waals surface area contributed by atoms with Crippen molar-refractivity contribution in [1.82, 2.24) is 24.0 Å². The minimum atomic E-state index is -3.52. The second kappa shape index (κ2) is 9.07. The summed E-state index contributed by atoms with van der Waals surface area (Å²) in [7, 11) is -3.52. The van der Waals surface area contributed by atoms with Gasteiger partial charge in [0.15, 0.2) is 5.16 Å². The van der Waals surface area contributed by atoms with Gasteiger partial charge in [-0.15, -0.1) is 10.2 Å². The summed E-state index contributed by atoms with van der Waals surface area (Å²) in [4.78, 5) is 15.0. The Hall–Kier alpha value is -1.91. The van der Waals surface area contributed by atoms with Crippen molar-refractivity contribution in [2.75, 3.05) is 26.2 Å². The van der Waals surface area contributed by atoms with E-state index < -0.39 is 10.0 Å². The van der Waals surface area contributed by atoms with Gasteiger partial charge in [0, 0.05) is 39.1 Å². The Morgan fingerprint density at radius 3 is 2.47 bits per heavy atom. The number of benzene rings is 1. The Labute approximate surface area is 181 Å². The zero-order chi connectivity index (χ0) is 21.1. The van der Waals surface area contributed by atoms with Gasteiger partial charge in [-0.25, -0.2) is 8.42 Å². The van der Waals surface area contributed by atoms with E-state index in [0.717, 1.165) is 36.8 Å². The van der Waals surface area contributed by atoms with Gasteiger partial charge in [0.2, 0.25) is 15.9 Å². The fourth-order valence-corrected chi connectivity index (χ4v) is 6.32. The standard InChI is InChI=1S/C20H27N5O3S2/c1-16(29-20-22-21-18-10-6-3-7-11-25(18)20)19(26)23-12-14-24(15-13-23)30(27,28)17-8-4-2-5-9-17/h2,4-5,8-9,16H,3,6-7,10-15H2,1H3/t16-/m1/s1. The third-order valence-electron chi connectivity index (χ3n) is 5.64. The van der Waals surface area contributed by atoms with Gasteiger partial charge in [-0.1, -0.05) is 36.4 Å². The number of amides is 1. The fourth-order valence-electron chi connectivity index (χ4n) is 3.90. The van der Waals surface area contributed by atoms with Gasteiger partial charge in [0.25, 0.3) is 0 Å². The number of hydrogen-bond donors (Lipinski definition) is 0. The molecule has 2 aliphatic heterocycles. The van der Waals surface area contributed by atoms with Crippen LogP contribution in [0.25, 0.3) is 0 Å². The molecule has 1 amide bonds. The van der Waals surface area contributed by atoms with Crippen LogP contribution in [-0.4, -0.2) is 69.7 Å². The van der Waals surface area contributed by atoms with Crippen molar-refractivity contribution in [3.63, 3.8) is 0 Å². The zero-order valence-electron chi connectivity index (χ0n) is 17.1. The van der Waals surface area contributed by atoms with Gasteiger partial charge < -0.3 is 9.47 Å². The molecule has 1 atom stereocenters. The van der Waals surface area contributed by atoms with Gasteiger partial charge in [-0.3, -0.25) is 4.79 Å². The third-order valence-corrected chi connectivity index (χ3v) is 8.62. The first kappa shape index (κ1) is 21.3. The molecule has 0 saturated carbocycles. The number of carbonyl (C=O) groups excluding carboxylic acids is 1. The van der Waals surface area contributed by atoms with E-state index >= 15 is 0 Å². The second-order valence-electron chi connectivity index (χ2n) is 7.66. The van der Waals surface area contributed by atoms with E-state index in [-0.39, 0.29) is 11.2 Å². The van der Waals surface area contributed by atoms with Crippen LogP contribution in [0, 0.1) is 0 Å². The summed E-state index contributed by atoms with van der Waals surface area (Å²) >= 11 is 1.45. The fraction of sp³-hybridized carbons (Fsp3) is 0.550. The van der Waals surface area contributed by atoms with Crippen molar-refractivity contribution in [3.05, 3.63) is 36.2 Å². The Morgan fingerprint density at radius 2 is 1.73 bits per heavy atom. The lowest BCUT2D eigenvalue weighted by Crippen LogP contribution is -2.52. The number of thioether (sulfide) groups is 1. The average molecular weight is 450 g/mol. The van der Waals surface area contributed by atoms with E-state index in [1.807, 2.05) is 6.92 Å². The lowest BCUT2D eigenvalue weighted by molar-refractivity contribution is -0.131. The number of aryl methyl sites for hydroxylation is 1. The van der Waals surface area contributed by atoms with E-state index in [0.29, 0.717) is 31.1 Å². The zero-order valence-corrected chi connectivity index (χ0v) is 18.7. The molecule has 2 aliphatic rings. The van der Waals surface area contributed by atoms with Crippen LogP contribution in [0.3, 0.4) is 0 Å². The molecule has 4 rings (SSSR count). The SMILES string of the molecule is C[C@@H](Sc1nnc2n1CCCCC2)C(=O)N1CCN(S(=O)(=O)c2ccccc2)CC1. The van der Waals surface area contributed by atoms with Crippen LogP contribution in [0.15, 0.2) is 40.4 Å². The molecule has 1 saturated heterocycles. The molecule has 8 nitrogen and oxygen atoms in total. The highest BCUT2D eigenvalue weighted by Crippen LogP contribution is 2.27. The Balaban J connectivity index is 1.36. The summed E-state index contributed by atoms with van der Waals surface area (Å²) in [6.07, 6.45) is 4.37. The molecule has 30 heavy (non-hydrogen) atoms. The predicted molar refractivity (Wildman–Crippen MR) is 115 cm³/mol. The van der Waals surface area contributed by atoms with Crippen molar-refractivity contribution in [3.8, 4) is 0 Å². The van der Waals surface area contributed by atoms with Crippen molar-refractivity contribution >= 4 is 27.7 Å². The molecule has 1 fully saturated rings. The summed E-state index contributed by atoms with van der Waals surface area (Å²) in [6.45, 7) is 4.20. The van der Waals surface area contributed by atoms with Crippen LogP contribution in [0.2, 0.25) is 0 Å². The van der Waals surface area contributed by atoms with E-state index in [1.165, 1.54) is 22.5 Å². The highest BCUT2D eigenvalue weighted by molar-refractivity contribution is 8.00. The van der Waals surface area contributed by atoms with E-state index in [2.05, 4.69) is 14.8 Å². The number of hydrogen-bond acceptors (Lipinski definition) is 6. The number of rotatable bonds is 5. The van der Waals surface area contributed by atoms with Crippen LogP contribution in [-0.2, 0) is 27.8 Å². The Kier molecular flexibility index (Phi) is 6.45. The van der Waals surface area contributed by atoms with Gasteiger partial charge in [-0.2, -0.15) is 4.31 Å². The summed E-state index contributed by atoms with van der Waals surface area (Å²) in [6, 6.07) is 8.44. The molecule has 0 bridgehead atoms. The summed E-state index contributed by atoms with van der Waals surface area (Å²) in [5.74, 6) is 1.03. The number of carbonyl (C=O) groups is 1. The molecule has 162 valence electrons. The molecule has 0 N–H and O–H groups in total.